The van der Waals surface area contributed by atoms with Crippen molar-refractivity contribution in [2.75, 3.05) is 23.4 Å². The van der Waals surface area contributed by atoms with E-state index in [1.807, 2.05) is 13.8 Å². The van der Waals surface area contributed by atoms with Crippen LogP contribution < -0.4 is 15.0 Å². The zero-order chi connectivity index (χ0) is 22.5. The number of nitrogens with zero attached hydrogens (tertiary/aromatic N) is 1. The first-order valence-corrected chi connectivity index (χ1v) is 10.5. The van der Waals surface area contributed by atoms with Crippen molar-refractivity contribution >= 4 is 52.4 Å². The minimum atomic E-state index is -0.642. The van der Waals surface area contributed by atoms with Crippen molar-refractivity contribution < 1.29 is 23.9 Å². The molecule has 1 atom stereocenters. The number of rotatable bonds is 7. The van der Waals surface area contributed by atoms with Gasteiger partial charge in [0.1, 0.15) is 5.75 Å². The second-order valence-electron chi connectivity index (χ2n) is 7.35. The molecule has 1 fully saturated rings. The van der Waals surface area contributed by atoms with Crippen LogP contribution in [0.5, 0.6) is 5.75 Å². The molecule has 1 N–H and O–H groups in total. The highest BCUT2D eigenvalue weighted by Crippen LogP contribution is 2.28. The van der Waals surface area contributed by atoms with Gasteiger partial charge in [-0.05, 0) is 56.3 Å². The van der Waals surface area contributed by atoms with Gasteiger partial charge in [-0.3, -0.25) is 14.4 Å². The summed E-state index contributed by atoms with van der Waals surface area (Å²) in [6.45, 7) is 3.58. The summed E-state index contributed by atoms with van der Waals surface area (Å²) in [5.41, 5.74) is 1.11. The van der Waals surface area contributed by atoms with E-state index in [0.29, 0.717) is 27.2 Å². The fraction of sp³-hybridized carbons (Fsp3) is 0.318. The van der Waals surface area contributed by atoms with Gasteiger partial charge in [0.05, 0.1) is 22.1 Å². The van der Waals surface area contributed by atoms with E-state index in [4.69, 9.17) is 32.7 Å². The molecule has 0 saturated carbocycles. The van der Waals surface area contributed by atoms with Crippen LogP contribution >= 0.6 is 23.2 Å². The van der Waals surface area contributed by atoms with Crippen LogP contribution in [0.2, 0.25) is 10.0 Å². The third-order valence-electron chi connectivity index (χ3n) is 4.53. The molecule has 3 rings (SSSR count). The number of hydrogen-bond acceptors (Lipinski definition) is 5. The SMILES string of the molecule is CC(C)Oc1ccc(N2C[C@@H](C(=O)OCC(=O)Nc3ccc(Cl)c(Cl)c3)CC2=O)cc1. The van der Waals surface area contributed by atoms with Crippen molar-refractivity contribution in [1.82, 2.24) is 0 Å². The summed E-state index contributed by atoms with van der Waals surface area (Å²) >= 11 is 11.7. The molecule has 164 valence electrons. The number of halogens is 2. The predicted molar refractivity (Wildman–Crippen MR) is 119 cm³/mol. The van der Waals surface area contributed by atoms with Gasteiger partial charge in [0.15, 0.2) is 6.61 Å². The van der Waals surface area contributed by atoms with Gasteiger partial charge in [-0.1, -0.05) is 23.2 Å². The average molecular weight is 465 g/mol. The van der Waals surface area contributed by atoms with Crippen LogP contribution in [-0.4, -0.2) is 37.0 Å². The Labute approximate surface area is 190 Å². The largest absolute Gasteiger partial charge is 0.491 e. The van der Waals surface area contributed by atoms with Crippen LogP contribution in [0.15, 0.2) is 42.5 Å². The molecule has 1 saturated heterocycles. The maximum absolute atomic E-state index is 12.4. The van der Waals surface area contributed by atoms with Gasteiger partial charge < -0.3 is 19.7 Å². The van der Waals surface area contributed by atoms with Crippen LogP contribution in [0.3, 0.4) is 0 Å². The topological polar surface area (TPSA) is 84.9 Å². The number of ether oxygens (including phenoxy) is 2. The maximum atomic E-state index is 12.4. The first kappa shape index (κ1) is 22.9. The highest BCUT2D eigenvalue weighted by molar-refractivity contribution is 6.42. The lowest BCUT2D eigenvalue weighted by Gasteiger charge is -2.17. The summed E-state index contributed by atoms with van der Waals surface area (Å²) in [4.78, 5) is 38.3. The molecule has 0 spiro atoms. The standard InChI is InChI=1S/C22H22Cl2N2O5/c1-13(2)31-17-6-4-16(5-7-17)26-11-14(9-21(26)28)22(29)30-12-20(27)25-15-3-8-18(23)19(24)10-15/h3-8,10,13-14H,9,11-12H2,1-2H3,(H,25,27)/t14-/m0/s1. The molecule has 0 bridgehead atoms. The van der Waals surface area contributed by atoms with Crippen molar-refractivity contribution in [3.05, 3.63) is 52.5 Å². The molecule has 0 aliphatic carbocycles. The number of nitrogens with one attached hydrogen (secondary N) is 1. The van der Waals surface area contributed by atoms with Gasteiger partial charge >= 0.3 is 5.97 Å². The molecule has 2 aromatic rings. The molecule has 2 amide bonds. The third-order valence-corrected chi connectivity index (χ3v) is 5.27. The van der Waals surface area contributed by atoms with Crippen molar-refractivity contribution in [2.24, 2.45) is 5.92 Å². The van der Waals surface area contributed by atoms with Gasteiger partial charge in [0, 0.05) is 24.3 Å². The number of carbonyl (C=O) groups is 3. The third kappa shape index (κ3) is 6.12. The molecule has 7 nitrogen and oxygen atoms in total. The van der Waals surface area contributed by atoms with E-state index >= 15 is 0 Å². The lowest BCUT2D eigenvalue weighted by atomic mass is 10.1. The van der Waals surface area contributed by atoms with Gasteiger partial charge in [0.25, 0.3) is 5.91 Å². The summed E-state index contributed by atoms with van der Waals surface area (Å²) in [5.74, 6) is -1.24. The smallest absolute Gasteiger partial charge is 0.311 e. The van der Waals surface area contributed by atoms with E-state index in [2.05, 4.69) is 5.32 Å². The molecule has 1 heterocycles. The second kappa shape index (κ2) is 10.0. The molecule has 0 radical (unpaired) electrons. The number of esters is 1. The monoisotopic (exact) mass is 464 g/mol. The van der Waals surface area contributed by atoms with Crippen LogP contribution in [0.4, 0.5) is 11.4 Å². The molecule has 0 aromatic heterocycles. The summed E-state index contributed by atoms with van der Waals surface area (Å²) in [5, 5.41) is 3.23. The van der Waals surface area contributed by atoms with Gasteiger partial charge in [-0.2, -0.15) is 0 Å². The molecule has 9 heteroatoms. The zero-order valence-corrected chi connectivity index (χ0v) is 18.6. The molecule has 0 unspecified atom stereocenters. The molecule has 31 heavy (non-hydrogen) atoms. The normalized spacial score (nSPS) is 15.8. The summed E-state index contributed by atoms with van der Waals surface area (Å²) in [6.07, 6.45) is 0.0737. The summed E-state index contributed by atoms with van der Waals surface area (Å²) in [7, 11) is 0. The Morgan fingerprint density at radius 1 is 1.13 bits per heavy atom. The van der Waals surface area contributed by atoms with E-state index in [1.54, 1.807) is 36.4 Å². The number of amides is 2. The minimum absolute atomic E-state index is 0.0253. The Hall–Kier alpha value is -2.77. The van der Waals surface area contributed by atoms with E-state index in [-0.39, 0.29) is 25.0 Å². The van der Waals surface area contributed by atoms with Crippen LogP contribution in [0, 0.1) is 5.92 Å². The predicted octanol–water partition coefficient (Wildman–Crippen LogP) is 4.32. The van der Waals surface area contributed by atoms with Crippen molar-refractivity contribution in [3.8, 4) is 5.75 Å². The molecular formula is C22H22Cl2N2O5. The molecule has 2 aromatic carbocycles. The Kier molecular flexibility index (Phi) is 7.41. The molecular weight excluding hydrogens is 443 g/mol. The number of hydrogen-bond donors (Lipinski definition) is 1. The maximum Gasteiger partial charge on any atom is 0.311 e. The Morgan fingerprint density at radius 2 is 1.84 bits per heavy atom. The van der Waals surface area contributed by atoms with Crippen molar-refractivity contribution in [1.29, 1.82) is 0 Å². The number of benzene rings is 2. The Morgan fingerprint density at radius 3 is 2.48 bits per heavy atom. The number of anilines is 2. The van der Waals surface area contributed by atoms with E-state index in [1.165, 1.54) is 11.0 Å². The highest BCUT2D eigenvalue weighted by Gasteiger charge is 2.36. The van der Waals surface area contributed by atoms with Gasteiger partial charge in [0.2, 0.25) is 5.91 Å². The van der Waals surface area contributed by atoms with Crippen LogP contribution in [0.25, 0.3) is 0 Å². The highest BCUT2D eigenvalue weighted by atomic mass is 35.5. The number of carbonyl (C=O) groups excluding carboxylic acids is 3. The van der Waals surface area contributed by atoms with E-state index in [9.17, 15) is 14.4 Å². The average Bonchev–Trinajstić information content (AvgIpc) is 3.11. The van der Waals surface area contributed by atoms with Crippen molar-refractivity contribution in [3.63, 3.8) is 0 Å². The van der Waals surface area contributed by atoms with Crippen LogP contribution in [-0.2, 0) is 19.1 Å². The fourth-order valence-corrected chi connectivity index (χ4v) is 3.42. The molecule has 1 aliphatic heterocycles. The van der Waals surface area contributed by atoms with E-state index in [0.717, 1.165) is 0 Å². The quantitative estimate of drug-likeness (QED) is 0.616. The Balaban J connectivity index is 1.51. The van der Waals surface area contributed by atoms with Crippen molar-refractivity contribution in [2.45, 2.75) is 26.4 Å². The zero-order valence-electron chi connectivity index (χ0n) is 17.1. The van der Waals surface area contributed by atoms with Gasteiger partial charge in [-0.25, -0.2) is 0 Å². The Bertz CT molecular complexity index is 978. The van der Waals surface area contributed by atoms with Gasteiger partial charge in [-0.15, -0.1) is 0 Å². The lowest BCUT2D eigenvalue weighted by Crippen LogP contribution is -2.28. The van der Waals surface area contributed by atoms with E-state index < -0.39 is 24.4 Å². The summed E-state index contributed by atoms with van der Waals surface area (Å²) < 4.78 is 10.7. The second-order valence-corrected chi connectivity index (χ2v) is 8.17. The minimum Gasteiger partial charge on any atom is -0.491 e. The summed E-state index contributed by atoms with van der Waals surface area (Å²) in [6, 6.07) is 11.7. The van der Waals surface area contributed by atoms with Crippen LogP contribution in [0.1, 0.15) is 20.3 Å². The first-order chi connectivity index (χ1) is 14.7. The molecule has 1 aliphatic rings. The first-order valence-electron chi connectivity index (χ1n) is 9.71. The lowest BCUT2D eigenvalue weighted by molar-refractivity contribution is -0.151. The fourth-order valence-electron chi connectivity index (χ4n) is 3.12.